The van der Waals surface area contributed by atoms with Gasteiger partial charge >= 0.3 is 6.03 Å². The second-order valence-corrected chi connectivity index (χ2v) is 7.58. The van der Waals surface area contributed by atoms with Gasteiger partial charge in [0.25, 0.3) is 0 Å². The molecule has 2 aliphatic heterocycles. The van der Waals surface area contributed by atoms with Crippen LogP contribution in [0.1, 0.15) is 46.0 Å². The molecule has 0 radical (unpaired) electrons. The summed E-state index contributed by atoms with van der Waals surface area (Å²) in [6.07, 6.45) is 6.54. The summed E-state index contributed by atoms with van der Waals surface area (Å²) in [6, 6.07) is 0.941. The van der Waals surface area contributed by atoms with E-state index in [0.717, 1.165) is 39.4 Å². The van der Waals surface area contributed by atoms with E-state index < -0.39 is 0 Å². The van der Waals surface area contributed by atoms with Gasteiger partial charge in [-0.2, -0.15) is 0 Å². The molecule has 3 fully saturated rings. The van der Waals surface area contributed by atoms with Crippen LogP contribution in [0.3, 0.4) is 0 Å². The van der Waals surface area contributed by atoms with Crippen molar-refractivity contribution in [3.05, 3.63) is 0 Å². The van der Waals surface area contributed by atoms with Gasteiger partial charge in [-0.15, -0.1) is 0 Å². The van der Waals surface area contributed by atoms with Crippen LogP contribution < -0.4 is 5.32 Å². The number of morpholine rings is 1. The van der Waals surface area contributed by atoms with Gasteiger partial charge in [-0.25, -0.2) is 4.79 Å². The van der Waals surface area contributed by atoms with Gasteiger partial charge in [0.2, 0.25) is 0 Å². The fourth-order valence-corrected chi connectivity index (χ4v) is 4.50. The van der Waals surface area contributed by atoms with E-state index in [4.69, 9.17) is 4.74 Å². The molecule has 1 N–H and O–H groups in total. The third-order valence-corrected chi connectivity index (χ3v) is 5.92. The number of urea groups is 1. The maximum Gasteiger partial charge on any atom is 0.317 e. The number of ether oxygens (including phenoxy) is 1. The summed E-state index contributed by atoms with van der Waals surface area (Å²) in [6.45, 7) is 9.60. The van der Waals surface area contributed by atoms with E-state index in [1.165, 1.54) is 32.1 Å². The number of hydrogen-bond donors (Lipinski definition) is 1. The molecule has 0 aromatic heterocycles. The lowest BCUT2D eigenvalue weighted by Gasteiger charge is -2.38. The summed E-state index contributed by atoms with van der Waals surface area (Å²) in [5.74, 6) is 0. The fraction of sp³-hybridized carbons (Fsp3) is 0.941. The van der Waals surface area contributed by atoms with Gasteiger partial charge in [-0.1, -0.05) is 12.8 Å². The summed E-state index contributed by atoms with van der Waals surface area (Å²) in [5, 5.41) is 3.15. The van der Waals surface area contributed by atoms with Crippen LogP contribution in [0.5, 0.6) is 0 Å². The lowest BCUT2D eigenvalue weighted by atomic mass is 9.86. The van der Waals surface area contributed by atoms with Crippen molar-refractivity contribution in [2.24, 2.45) is 5.41 Å². The summed E-state index contributed by atoms with van der Waals surface area (Å²) in [7, 11) is 0. The Morgan fingerprint density at radius 1 is 1.32 bits per heavy atom. The third-order valence-electron chi connectivity index (χ3n) is 5.92. The second-order valence-electron chi connectivity index (χ2n) is 7.58. The van der Waals surface area contributed by atoms with Crippen molar-refractivity contribution in [1.82, 2.24) is 15.1 Å². The van der Waals surface area contributed by atoms with Gasteiger partial charge in [0.1, 0.15) is 0 Å². The summed E-state index contributed by atoms with van der Waals surface area (Å²) < 4.78 is 5.49. The van der Waals surface area contributed by atoms with Gasteiger partial charge in [-0.3, -0.25) is 4.90 Å². The molecule has 1 aliphatic carbocycles. The monoisotopic (exact) mass is 309 g/mol. The highest BCUT2D eigenvalue weighted by Gasteiger charge is 2.41. The van der Waals surface area contributed by atoms with Gasteiger partial charge in [0, 0.05) is 38.3 Å². The first-order valence-corrected chi connectivity index (χ1v) is 8.96. The molecule has 0 bridgehead atoms. The van der Waals surface area contributed by atoms with Gasteiger partial charge in [0.05, 0.1) is 13.2 Å². The molecule has 0 aromatic carbocycles. The number of likely N-dealkylation sites (tertiary alicyclic amines) is 1. The van der Waals surface area contributed by atoms with E-state index in [0.29, 0.717) is 17.5 Å². The molecule has 5 nitrogen and oxygen atoms in total. The Labute approximate surface area is 134 Å². The molecule has 5 heteroatoms. The van der Waals surface area contributed by atoms with Crippen LogP contribution in [-0.4, -0.2) is 67.3 Å². The summed E-state index contributed by atoms with van der Waals surface area (Å²) in [5.41, 5.74) is 0.460. The van der Waals surface area contributed by atoms with Crippen molar-refractivity contribution in [3.8, 4) is 0 Å². The highest BCUT2D eigenvalue weighted by Crippen LogP contribution is 2.45. The highest BCUT2D eigenvalue weighted by molar-refractivity contribution is 5.74. The Bertz CT molecular complexity index is 395. The molecule has 0 aromatic rings. The fourth-order valence-electron chi connectivity index (χ4n) is 4.50. The zero-order chi connectivity index (χ0) is 15.6. The lowest BCUT2D eigenvalue weighted by Crippen LogP contribution is -2.53. The molecule has 126 valence electrons. The molecule has 3 aliphatic rings. The summed E-state index contributed by atoms with van der Waals surface area (Å²) in [4.78, 5) is 16.9. The van der Waals surface area contributed by atoms with E-state index in [1.807, 2.05) is 4.90 Å². The van der Waals surface area contributed by atoms with Crippen LogP contribution in [-0.2, 0) is 4.74 Å². The van der Waals surface area contributed by atoms with Crippen molar-refractivity contribution >= 4 is 6.03 Å². The molecule has 0 unspecified atom stereocenters. The van der Waals surface area contributed by atoms with Crippen molar-refractivity contribution in [2.45, 2.75) is 58.0 Å². The Kier molecular flexibility index (Phi) is 4.93. The summed E-state index contributed by atoms with van der Waals surface area (Å²) >= 11 is 0. The first-order valence-electron chi connectivity index (χ1n) is 8.96. The molecule has 1 spiro atoms. The van der Waals surface area contributed by atoms with E-state index >= 15 is 0 Å². The molecule has 2 heterocycles. The predicted octanol–water partition coefficient (Wildman–Crippen LogP) is 2.07. The van der Waals surface area contributed by atoms with Crippen molar-refractivity contribution in [3.63, 3.8) is 0 Å². The number of nitrogens with one attached hydrogen (secondary N) is 1. The van der Waals surface area contributed by atoms with Crippen molar-refractivity contribution < 1.29 is 9.53 Å². The van der Waals surface area contributed by atoms with Crippen LogP contribution in [0, 0.1) is 5.41 Å². The number of carbonyl (C=O) groups excluding carboxylic acids is 1. The van der Waals surface area contributed by atoms with Crippen LogP contribution in [0.2, 0.25) is 0 Å². The Morgan fingerprint density at radius 3 is 2.82 bits per heavy atom. The normalized spacial score (nSPS) is 29.9. The lowest BCUT2D eigenvalue weighted by molar-refractivity contribution is -0.0177. The molecule has 2 amide bonds. The SMILES string of the molecule is C[C@H](CNC(=O)N1CCC2(CCCC2)C1)N1CCOC[C@H]1C. The Hall–Kier alpha value is -0.810. The smallest absolute Gasteiger partial charge is 0.317 e. The predicted molar refractivity (Wildman–Crippen MR) is 86.9 cm³/mol. The first-order chi connectivity index (χ1) is 10.6. The van der Waals surface area contributed by atoms with E-state index in [1.54, 1.807) is 0 Å². The second kappa shape index (κ2) is 6.75. The number of amides is 2. The van der Waals surface area contributed by atoms with Crippen LogP contribution in [0.4, 0.5) is 4.79 Å². The maximum absolute atomic E-state index is 12.4. The van der Waals surface area contributed by atoms with E-state index in [2.05, 4.69) is 24.1 Å². The van der Waals surface area contributed by atoms with E-state index in [9.17, 15) is 4.79 Å². The number of nitrogens with zero attached hydrogens (tertiary/aromatic N) is 2. The standard InChI is InChI=1S/C17H31N3O2/c1-14(20-9-10-22-12-15(20)2)11-18-16(21)19-8-7-17(13-19)5-3-4-6-17/h14-15H,3-13H2,1-2H3,(H,18,21)/t14-,15-/m1/s1. The van der Waals surface area contributed by atoms with Gasteiger partial charge in [-0.05, 0) is 38.5 Å². The van der Waals surface area contributed by atoms with Crippen LogP contribution in [0.15, 0.2) is 0 Å². The zero-order valence-electron chi connectivity index (χ0n) is 14.1. The molecule has 3 rings (SSSR count). The zero-order valence-corrected chi connectivity index (χ0v) is 14.1. The minimum absolute atomic E-state index is 0.136. The van der Waals surface area contributed by atoms with Crippen molar-refractivity contribution in [2.75, 3.05) is 39.4 Å². The minimum atomic E-state index is 0.136. The largest absolute Gasteiger partial charge is 0.379 e. The number of carbonyl (C=O) groups is 1. The molecule has 22 heavy (non-hydrogen) atoms. The van der Waals surface area contributed by atoms with Crippen molar-refractivity contribution in [1.29, 1.82) is 0 Å². The molecular weight excluding hydrogens is 278 g/mol. The minimum Gasteiger partial charge on any atom is -0.379 e. The van der Waals surface area contributed by atoms with E-state index in [-0.39, 0.29) is 6.03 Å². The number of hydrogen-bond acceptors (Lipinski definition) is 3. The first kappa shape index (κ1) is 16.1. The Balaban J connectivity index is 1.44. The van der Waals surface area contributed by atoms with Gasteiger partial charge in [0.15, 0.2) is 0 Å². The van der Waals surface area contributed by atoms with Crippen LogP contribution in [0.25, 0.3) is 0 Å². The number of rotatable bonds is 3. The maximum atomic E-state index is 12.4. The quantitative estimate of drug-likeness (QED) is 0.868. The molecule has 2 saturated heterocycles. The molecular formula is C17H31N3O2. The molecule has 2 atom stereocenters. The molecule has 1 saturated carbocycles. The highest BCUT2D eigenvalue weighted by atomic mass is 16.5. The van der Waals surface area contributed by atoms with Gasteiger partial charge < -0.3 is 15.0 Å². The van der Waals surface area contributed by atoms with Crippen LogP contribution >= 0.6 is 0 Å². The third kappa shape index (κ3) is 3.40. The topological polar surface area (TPSA) is 44.8 Å². The average molecular weight is 309 g/mol. The average Bonchev–Trinajstić information content (AvgIpc) is 3.15. The Morgan fingerprint density at radius 2 is 2.09 bits per heavy atom.